The molecule has 0 radical (unpaired) electrons. The van der Waals surface area contributed by atoms with Crippen LogP contribution in [0.1, 0.15) is 43.2 Å². The molecule has 47 heavy (non-hydrogen) atoms. The number of hydrogen-bond acceptors (Lipinski definition) is 6. The number of hydrogen-bond donors (Lipinski definition) is 1. The summed E-state index contributed by atoms with van der Waals surface area (Å²) in [6, 6.07) is 22.1. The number of morpholine rings is 1. The second-order valence-electron chi connectivity index (χ2n) is 11.8. The Morgan fingerprint density at radius 2 is 1.66 bits per heavy atom. The quantitative estimate of drug-likeness (QED) is 0.229. The van der Waals surface area contributed by atoms with Crippen LogP contribution in [0.25, 0.3) is 0 Å². The van der Waals surface area contributed by atoms with Crippen LogP contribution in [0.4, 0.5) is 0 Å². The lowest BCUT2D eigenvalue weighted by Gasteiger charge is -2.31. The van der Waals surface area contributed by atoms with E-state index in [0.717, 1.165) is 30.4 Å². The summed E-state index contributed by atoms with van der Waals surface area (Å²) in [7, 11) is -3.66. The Hall–Kier alpha value is -3.70. The van der Waals surface area contributed by atoms with E-state index in [0.29, 0.717) is 50.0 Å². The van der Waals surface area contributed by atoms with Crippen LogP contribution in [0.5, 0.6) is 5.75 Å². The number of amides is 2. The Labute approximate surface area is 282 Å². The lowest BCUT2D eigenvalue weighted by molar-refractivity contribution is -0.142. The molecule has 5 rings (SSSR count). The van der Waals surface area contributed by atoms with Crippen molar-refractivity contribution >= 4 is 33.4 Å². The summed E-state index contributed by atoms with van der Waals surface area (Å²) in [4.78, 5) is 29.5. The van der Waals surface area contributed by atoms with E-state index in [1.165, 1.54) is 47.0 Å². The molecule has 1 N–H and O–H groups in total. The molecule has 0 saturated carbocycles. The number of halogens is 1. The van der Waals surface area contributed by atoms with Gasteiger partial charge in [-0.2, -0.15) is 4.31 Å². The van der Waals surface area contributed by atoms with Crippen molar-refractivity contribution in [3.8, 4) is 5.75 Å². The van der Waals surface area contributed by atoms with E-state index in [1.807, 2.05) is 42.5 Å². The van der Waals surface area contributed by atoms with Gasteiger partial charge in [0.05, 0.1) is 18.1 Å². The summed E-state index contributed by atoms with van der Waals surface area (Å²) >= 11 is 6.14. The molecular formula is C36H42ClN3O6S. The van der Waals surface area contributed by atoms with E-state index in [4.69, 9.17) is 21.1 Å². The van der Waals surface area contributed by atoms with Gasteiger partial charge in [0.25, 0.3) is 5.91 Å². The Morgan fingerprint density at radius 1 is 0.936 bits per heavy atom. The third-order valence-electron chi connectivity index (χ3n) is 8.46. The third kappa shape index (κ3) is 9.90. The maximum Gasteiger partial charge on any atom is 0.261 e. The van der Waals surface area contributed by atoms with Gasteiger partial charge in [-0.15, -0.1) is 0 Å². The van der Waals surface area contributed by atoms with Crippen molar-refractivity contribution in [1.29, 1.82) is 0 Å². The van der Waals surface area contributed by atoms with Gasteiger partial charge in [-0.1, -0.05) is 65.7 Å². The third-order valence-corrected chi connectivity index (χ3v) is 10.6. The first kappa shape index (κ1) is 34.6. The Bertz CT molecular complexity index is 1610. The summed E-state index contributed by atoms with van der Waals surface area (Å²) in [5.41, 5.74) is 3.11. The average molecular weight is 680 g/mol. The maximum atomic E-state index is 13.9. The van der Waals surface area contributed by atoms with Crippen LogP contribution < -0.4 is 10.1 Å². The highest BCUT2D eigenvalue weighted by Crippen LogP contribution is 2.23. The van der Waals surface area contributed by atoms with E-state index in [-0.39, 0.29) is 29.9 Å². The Balaban J connectivity index is 1.32. The molecule has 9 nitrogen and oxygen atoms in total. The first-order valence-corrected chi connectivity index (χ1v) is 18.0. The molecule has 0 spiro atoms. The molecule has 0 aromatic heterocycles. The fourth-order valence-corrected chi connectivity index (χ4v) is 7.34. The van der Waals surface area contributed by atoms with E-state index >= 15 is 0 Å². The van der Waals surface area contributed by atoms with Crippen LogP contribution in [-0.4, -0.2) is 74.9 Å². The summed E-state index contributed by atoms with van der Waals surface area (Å²) in [5, 5.41) is 3.67. The van der Waals surface area contributed by atoms with Crippen molar-refractivity contribution in [2.75, 3.05) is 39.5 Å². The van der Waals surface area contributed by atoms with Crippen molar-refractivity contribution in [3.63, 3.8) is 0 Å². The van der Waals surface area contributed by atoms with Gasteiger partial charge in [0.1, 0.15) is 11.8 Å². The molecule has 1 heterocycles. The van der Waals surface area contributed by atoms with Crippen LogP contribution in [-0.2, 0) is 37.3 Å². The number of nitrogens with one attached hydrogen (secondary N) is 1. The second kappa shape index (κ2) is 16.9. The van der Waals surface area contributed by atoms with Gasteiger partial charge in [0, 0.05) is 37.6 Å². The molecule has 1 atom stereocenters. The van der Waals surface area contributed by atoms with Gasteiger partial charge >= 0.3 is 0 Å². The van der Waals surface area contributed by atoms with Gasteiger partial charge in [0.15, 0.2) is 6.61 Å². The van der Waals surface area contributed by atoms with Crippen molar-refractivity contribution in [2.24, 2.45) is 0 Å². The van der Waals surface area contributed by atoms with Crippen LogP contribution in [0.2, 0.25) is 5.02 Å². The molecule has 250 valence electrons. The van der Waals surface area contributed by atoms with Crippen molar-refractivity contribution < 1.29 is 27.5 Å². The molecule has 2 aliphatic rings. The Morgan fingerprint density at radius 3 is 2.34 bits per heavy atom. The number of benzene rings is 3. The van der Waals surface area contributed by atoms with Crippen molar-refractivity contribution in [1.82, 2.24) is 14.5 Å². The minimum absolute atomic E-state index is 0.144. The topological polar surface area (TPSA) is 105 Å². The summed E-state index contributed by atoms with van der Waals surface area (Å²) in [6.45, 7) is 1.64. The minimum atomic E-state index is -3.66. The Kier molecular flexibility index (Phi) is 12.5. The van der Waals surface area contributed by atoms with Gasteiger partial charge in [-0.3, -0.25) is 9.59 Å². The van der Waals surface area contributed by atoms with Crippen LogP contribution >= 0.6 is 11.6 Å². The van der Waals surface area contributed by atoms with Crippen LogP contribution in [0.3, 0.4) is 0 Å². The van der Waals surface area contributed by atoms with E-state index in [2.05, 4.69) is 11.4 Å². The van der Waals surface area contributed by atoms with Crippen molar-refractivity contribution in [2.45, 2.75) is 56.0 Å². The largest absolute Gasteiger partial charge is 0.484 e. The van der Waals surface area contributed by atoms with Crippen LogP contribution in [0, 0.1) is 0 Å². The molecule has 1 aliphatic heterocycles. The number of rotatable bonds is 14. The second-order valence-corrected chi connectivity index (χ2v) is 14.2. The predicted octanol–water partition coefficient (Wildman–Crippen LogP) is 5.39. The zero-order chi connectivity index (χ0) is 33.1. The number of ether oxygens (including phenoxy) is 2. The molecule has 1 saturated heterocycles. The normalized spacial score (nSPS) is 16.1. The number of carbonyl (C=O) groups excluding carboxylic acids is 2. The van der Waals surface area contributed by atoms with Gasteiger partial charge in [-0.05, 0) is 79.6 Å². The fraction of sp³-hybridized carbons (Fsp3) is 0.389. The first-order valence-electron chi connectivity index (χ1n) is 16.1. The number of sulfonamides is 1. The molecule has 0 bridgehead atoms. The molecular weight excluding hydrogens is 638 g/mol. The number of nitrogens with zero attached hydrogens (tertiary/aromatic N) is 2. The minimum Gasteiger partial charge on any atom is -0.484 e. The first-order chi connectivity index (χ1) is 22.8. The summed E-state index contributed by atoms with van der Waals surface area (Å²) < 4.78 is 38.6. The van der Waals surface area contributed by atoms with E-state index in [9.17, 15) is 18.0 Å². The number of carbonyl (C=O) groups is 2. The monoisotopic (exact) mass is 679 g/mol. The fourth-order valence-electron chi connectivity index (χ4n) is 5.81. The molecule has 3 aromatic rings. The highest BCUT2D eigenvalue weighted by Gasteiger charge is 2.31. The predicted molar refractivity (Wildman–Crippen MR) is 182 cm³/mol. The van der Waals surface area contributed by atoms with E-state index in [1.54, 1.807) is 17.0 Å². The van der Waals surface area contributed by atoms with Gasteiger partial charge < -0.3 is 19.7 Å². The molecule has 1 aliphatic carbocycles. The highest BCUT2D eigenvalue weighted by atomic mass is 35.5. The lowest BCUT2D eigenvalue weighted by Crippen LogP contribution is -2.51. The molecule has 1 fully saturated rings. The van der Waals surface area contributed by atoms with E-state index < -0.39 is 16.1 Å². The number of allylic oxidation sites excluding steroid dienone is 1. The zero-order valence-electron chi connectivity index (χ0n) is 26.5. The van der Waals surface area contributed by atoms with Gasteiger partial charge in [0.2, 0.25) is 15.9 Å². The molecule has 2 amide bonds. The molecule has 3 aromatic carbocycles. The highest BCUT2D eigenvalue weighted by molar-refractivity contribution is 7.89. The lowest BCUT2D eigenvalue weighted by atomic mass is 9.97. The average Bonchev–Trinajstić information content (AvgIpc) is 3.11. The smallest absolute Gasteiger partial charge is 0.261 e. The summed E-state index contributed by atoms with van der Waals surface area (Å²) in [5.74, 6) is -0.267. The summed E-state index contributed by atoms with van der Waals surface area (Å²) in [6.07, 6.45) is 7.90. The molecule has 11 heteroatoms. The SMILES string of the molecule is O=C(NCCC1=CCCCC1)[C@@H](Cc1ccccc1)N(Cc1ccc(Cl)cc1)C(=O)COc1ccc(S(=O)(=O)N2CCOCC2)cc1. The van der Waals surface area contributed by atoms with Crippen molar-refractivity contribution in [3.05, 3.63) is 107 Å². The van der Waals surface area contributed by atoms with Crippen LogP contribution in [0.15, 0.2) is 95.4 Å². The molecule has 0 unspecified atom stereocenters. The zero-order valence-corrected chi connectivity index (χ0v) is 28.1. The van der Waals surface area contributed by atoms with Gasteiger partial charge in [-0.25, -0.2) is 8.42 Å². The maximum absolute atomic E-state index is 13.9. The standard InChI is InChI=1S/C36H42ClN3O6S/c37-31-13-11-30(12-14-31)26-40(34(25-29-9-5-2-6-10-29)36(42)38-20-19-28-7-3-1-4-8-28)35(41)27-46-32-15-17-33(18-16-32)47(43,44)39-21-23-45-24-22-39/h2,5-7,9-18,34H,1,3-4,8,19-27H2,(H,38,42)/t34-/m1/s1.